The molecule has 0 bridgehead atoms. The molecule has 1 unspecified atom stereocenters. The Labute approximate surface area is 179 Å². The fourth-order valence-electron chi connectivity index (χ4n) is 4.20. The number of aryl methyl sites for hydroxylation is 2. The summed E-state index contributed by atoms with van der Waals surface area (Å²) in [5.41, 5.74) is 5.25. The number of benzene rings is 1. The molecule has 1 amide bonds. The van der Waals surface area contributed by atoms with Crippen molar-refractivity contribution in [3.63, 3.8) is 0 Å². The minimum Gasteiger partial charge on any atom is -0.456 e. The van der Waals surface area contributed by atoms with E-state index >= 15 is 0 Å². The maximum atomic E-state index is 12.8. The van der Waals surface area contributed by atoms with Crippen LogP contribution in [0.1, 0.15) is 56.1 Å². The molecule has 0 aliphatic carbocycles. The number of amides is 1. The normalized spacial score (nSPS) is 15.9. The van der Waals surface area contributed by atoms with Crippen molar-refractivity contribution in [3.8, 4) is 0 Å². The molecular formula is C24H33N3O3. The average molecular weight is 412 g/mol. The Bertz CT molecular complexity index is 916. The lowest BCUT2D eigenvalue weighted by atomic mass is 9.96. The number of esters is 1. The fraction of sp³-hybridized carbons (Fsp3) is 0.542. The molecule has 0 radical (unpaired) electrons. The molecule has 30 heavy (non-hydrogen) atoms. The van der Waals surface area contributed by atoms with Crippen LogP contribution in [0.5, 0.6) is 0 Å². The van der Waals surface area contributed by atoms with Crippen LogP contribution in [0.15, 0.2) is 24.3 Å². The van der Waals surface area contributed by atoms with Gasteiger partial charge in [0.15, 0.2) is 6.61 Å². The number of ether oxygens (including phenoxy) is 1. The van der Waals surface area contributed by atoms with Crippen molar-refractivity contribution < 1.29 is 14.3 Å². The van der Waals surface area contributed by atoms with Gasteiger partial charge in [0.1, 0.15) is 0 Å². The molecule has 3 rings (SSSR count). The van der Waals surface area contributed by atoms with Crippen LogP contribution < -0.4 is 4.90 Å². The maximum Gasteiger partial charge on any atom is 0.306 e. The average Bonchev–Trinajstić information content (AvgIpc) is 2.96. The van der Waals surface area contributed by atoms with E-state index in [-0.39, 0.29) is 30.9 Å². The third-order valence-electron chi connectivity index (χ3n) is 5.80. The first kappa shape index (κ1) is 22.1. The number of para-hydroxylation sites is 1. The van der Waals surface area contributed by atoms with Crippen LogP contribution >= 0.6 is 0 Å². The molecule has 1 aliphatic rings. The van der Waals surface area contributed by atoms with Gasteiger partial charge < -0.3 is 9.64 Å². The molecular weight excluding hydrogens is 378 g/mol. The van der Waals surface area contributed by atoms with E-state index in [2.05, 4.69) is 25.0 Å². The number of carbonyl (C=O) groups is 2. The topological polar surface area (TPSA) is 64.4 Å². The summed E-state index contributed by atoms with van der Waals surface area (Å²) in [5, 5.41) is 4.60. The minimum atomic E-state index is -0.350. The van der Waals surface area contributed by atoms with E-state index < -0.39 is 0 Å². The highest BCUT2D eigenvalue weighted by Gasteiger charge is 2.28. The van der Waals surface area contributed by atoms with Crippen molar-refractivity contribution in [1.82, 2.24) is 9.78 Å². The lowest BCUT2D eigenvalue weighted by Crippen LogP contribution is -2.44. The zero-order valence-corrected chi connectivity index (χ0v) is 18.8. The van der Waals surface area contributed by atoms with Crippen LogP contribution in [0.3, 0.4) is 0 Å². The van der Waals surface area contributed by atoms with Crippen LogP contribution in [0.25, 0.3) is 0 Å². The molecule has 1 atom stereocenters. The van der Waals surface area contributed by atoms with Crippen molar-refractivity contribution in [2.45, 2.75) is 72.9 Å². The van der Waals surface area contributed by atoms with E-state index in [4.69, 9.17) is 4.74 Å². The number of nitrogens with zero attached hydrogens (tertiary/aromatic N) is 3. The summed E-state index contributed by atoms with van der Waals surface area (Å²) >= 11 is 0. The molecule has 1 aromatic heterocycles. The van der Waals surface area contributed by atoms with Crippen molar-refractivity contribution >= 4 is 17.6 Å². The molecule has 1 aliphatic heterocycles. The largest absolute Gasteiger partial charge is 0.456 e. The van der Waals surface area contributed by atoms with Gasteiger partial charge in [0, 0.05) is 30.4 Å². The Balaban J connectivity index is 1.56. The van der Waals surface area contributed by atoms with Crippen molar-refractivity contribution in [2.24, 2.45) is 5.92 Å². The smallest absolute Gasteiger partial charge is 0.306 e. The first-order chi connectivity index (χ1) is 14.3. The molecule has 0 saturated heterocycles. The molecule has 0 fully saturated rings. The van der Waals surface area contributed by atoms with Crippen LogP contribution in [0.2, 0.25) is 0 Å². The molecule has 0 saturated carbocycles. The van der Waals surface area contributed by atoms with Crippen LogP contribution in [-0.4, -0.2) is 34.3 Å². The zero-order chi connectivity index (χ0) is 21.8. The van der Waals surface area contributed by atoms with Crippen molar-refractivity contribution in [1.29, 1.82) is 0 Å². The van der Waals surface area contributed by atoms with E-state index in [9.17, 15) is 9.59 Å². The Kier molecular flexibility index (Phi) is 6.95. The van der Waals surface area contributed by atoms with Gasteiger partial charge in [-0.2, -0.15) is 5.10 Å². The quantitative estimate of drug-likeness (QED) is 0.646. The van der Waals surface area contributed by atoms with Gasteiger partial charge in [0.2, 0.25) is 0 Å². The first-order valence-electron chi connectivity index (χ1n) is 10.9. The Morgan fingerprint density at radius 1 is 1.23 bits per heavy atom. The van der Waals surface area contributed by atoms with Gasteiger partial charge >= 0.3 is 5.97 Å². The van der Waals surface area contributed by atoms with Gasteiger partial charge in [-0.05, 0) is 63.1 Å². The highest BCUT2D eigenvalue weighted by molar-refractivity contribution is 5.96. The van der Waals surface area contributed by atoms with E-state index in [1.54, 1.807) is 4.90 Å². The standard InChI is InChI=1S/C24H33N3O3/c1-16(2)14-26-19(5)21(18(4)25-26)12-13-24(29)30-15-23(28)27-17(3)10-11-20-8-6-7-9-22(20)27/h6-9,16-17H,10-15H2,1-5H3. The SMILES string of the molecule is Cc1nn(CC(C)C)c(C)c1CCC(=O)OCC(=O)N1c2ccccc2CCC1C. The Morgan fingerprint density at radius 3 is 2.70 bits per heavy atom. The molecule has 6 heteroatoms. The second-order valence-electron chi connectivity index (χ2n) is 8.67. The van der Waals surface area contributed by atoms with Crippen LogP contribution in [0, 0.1) is 19.8 Å². The fourth-order valence-corrected chi connectivity index (χ4v) is 4.20. The zero-order valence-electron chi connectivity index (χ0n) is 18.8. The lowest BCUT2D eigenvalue weighted by molar-refractivity contribution is -0.147. The molecule has 162 valence electrons. The number of hydrogen-bond donors (Lipinski definition) is 0. The lowest BCUT2D eigenvalue weighted by Gasteiger charge is -2.35. The number of rotatable bonds is 7. The summed E-state index contributed by atoms with van der Waals surface area (Å²) in [4.78, 5) is 26.9. The van der Waals surface area contributed by atoms with E-state index in [1.807, 2.05) is 43.7 Å². The Hall–Kier alpha value is -2.63. The predicted octanol–water partition coefficient (Wildman–Crippen LogP) is 4.00. The highest BCUT2D eigenvalue weighted by Crippen LogP contribution is 2.30. The van der Waals surface area contributed by atoms with E-state index in [0.29, 0.717) is 12.3 Å². The van der Waals surface area contributed by atoms with Crippen LogP contribution in [-0.2, 0) is 33.7 Å². The van der Waals surface area contributed by atoms with Gasteiger partial charge in [0.05, 0.1) is 5.69 Å². The summed E-state index contributed by atoms with van der Waals surface area (Å²) in [5.74, 6) is -0.00837. The summed E-state index contributed by atoms with van der Waals surface area (Å²) in [6, 6.07) is 8.05. The highest BCUT2D eigenvalue weighted by atomic mass is 16.5. The Morgan fingerprint density at radius 2 is 1.97 bits per heavy atom. The summed E-state index contributed by atoms with van der Waals surface area (Å²) in [7, 11) is 0. The van der Waals surface area contributed by atoms with E-state index in [1.165, 1.54) is 5.56 Å². The molecule has 1 aromatic carbocycles. The van der Waals surface area contributed by atoms with Gasteiger partial charge in [-0.25, -0.2) is 0 Å². The first-order valence-corrected chi connectivity index (χ1v) is 10.9. The van der Waals surface area contributed by atoms with E-state index in [0.717, 1.165) is 42.0 Å². The van der Waals surface area contributed by atoms with Crippen molar-refractivity contribution in [3.05, 3.63) is 46.8 Å². The van der Waals surface area contributed by atoms with Gasteiger partial charge in [0.25, 0.3) is 5.91 Å². The molecule has 2 aromatic rings. The van der Waals surface area contributed by atoms with Gasteiger partial charge in [-0.1, -0.05) is 32.0 Å². The molecule has 6 nitrogen and oxygen atoms in total. The number of fused-ring (bicyclic) bond motifs is 1. The maximum absolute atomic E-state index is 12.8. The van der Waals surface area contributed by atoms with Crippen molar-refractivity contribution in [2.75, 3.05) is 11.5 Å². The minimum absolute atomic E-state index is 0.100. The predicted molar refractivity (Wildman–Crippen MR) is 118 cm³/mol. The van der Waals surface area contributed by atoms with Crippen LogP contribution in [0.4, 0.5) is 5.69 Å². The third kappa shape index (κ3) is 4.91. The number of anilines is 1. The number of carbonyl (C=O) groups excluding carboxylic acids is 2. The summed E-state index contributed by atoms with van der Waals surface area (Å²) in [6.45, 7) is 11.0. The summed E-state index contributed by atoms with van der Waals surface area (Å²) in [6.07, 6.45) is 2.69. The van der Waals surface area contributed by atoms with Gasteiger partial charge in [-0.3, -0.25) is 14.3 Å². The second kappa shape index (κ2) is 9.45. The number of aromatic nitrogens is 2. The molecule has 0 N–H and O–H groups in total. The molecule has 2 heterocycles. The monoisotopic (exact) mass is 411 g/mol. The summed E-state index contributed by atoms with van der Waals surface area (Å²) < 4.78 is 7.35. The number of hydrogen-bond acceptors (Lipinski definition) is 4. The third-order valence-corrected chi connectivity index (χ3v) is 5.80. The second-order valence-corrected chi connectivity index (χ2v) is 8.67. The molecule has 0 spiro atoms. The van der Waals surface area contributed by atoms with Gasteiger partial charge in [-0.15, -0.1) is 0 Å².